The van der Waals surface area contributed by atoms with Gasteiger partial charge in [0, 0.05) is 39.2 Å². The van der Waals surface area contributed by atoms with Crippen molar-refractivity contribution in [2.45, 2.75) is 13.1 Å². The van der Waals surface area contributed by atoms with E-state index in [-0.39, 0.29) is 24.8 Å². The van der Waals surface area contributed by atoms with E-state index in [1.165, 1.54) is 0 Å². The number of nitrogens with zero attached hydrogens (tertiary/aromatic N) is 1. The Hall–Kier alpha value is -3.48. The maximum atomic E-state index is 13.4. The third-order valence-electron chi connectivity index (χ3n) is 5.42. The molecule has 1 aromatic heterocycles. The summed E-state index contributed by atoms with van der Waals surface area (Å²) in [6.07, 6.45) is 0. The van der Waals surface area contributed by atoms with Crippen LogP contribution in [0.3, 0.4) is 0 Å². The lowest BCUT2D eigenvalue weighted by molar-refractivity contribution is 0.0729. The summed E-state index contributed by atoms with van der Waals surface area (Å²) in [7, 11) is 0. The second-order valence-electron chi connectivity index (χ2n) is 7.71. The van der Waals surface area contributed by atoms with Gasteiger partial charge in [-0.15, -0.1) is 0 Å². The van der Waals surface area contributed by atoms with Crippen molar-refractivity contribution in [3.8, 4) is 11.5 Å². The SMILES string of the molecule is O=C(c1cccc(Cl)c1)N(Cc1ccc(Cl)cc1)Cc1cc2cc3c(cc2[nH]c1=O)OCO3. The normalized spacial score (nSPS) is 12.2. The summed E-state index contributed by atoms with van der Waals surface area (Å²) in [6, 6.07) is 19.3. The van der Waals surface area contributed by atoms with E-state index in [1.807, 2.05) is 18.2 Å². The first kappa shape index (κ1) is 21.4. The number of hydrogen-bond acceptors (Lipinski definition) is 4. The number of nitrogens with one attached hydrogen (secondary N) is 1. The topological polar surface area (TPSA) is 71.6 Å². The average Bonchev–Trinajstić information content (AvgIpc) is 3.26. The van der Waals surface area contributed by atoms with Gasteiger partial charge in [0.1, 0.15) is 0 Å². The second-order valence-corrected chi connectivity index (χ2v) is 8.59. The summed E-state index contributed by atoms with van der Waals surface area (Å²) in [6.45, 7) is 0.542. The van der Waals surface area contributed by atoms with Crippen LogP contribution in [0.15, 0.2) is 71.5 Å². The average molecular weight is 481 g/mol. The van der Waals surface area contributed by atoms with Gasteiger partial charge in [-0.25, -0.2) is 0 Å². The minimum atomic E-state index is -0.277. The molecule has 0 bridgehead atoms. The van der Waals surface area contributed by atoms with Crippen molar-refractivity contribution in [2.75, 3.05) is 6.79 Å². The van der Waals surface area contributed by atoms with Crippen molar-refractivity contribution in [3.05, 3.63) is 104 Å². The van der Waals surface area contributed by atoms with Crippen LogP contribution in [0.1, 0.15) is 21.5 Å². The van der Waals surface area contributed by atoms with Crippen molar-refractivity contribution in [2.24, 2.45) is 0 Å². The van der Waals surface area contributed by atoms with E-state index in [2.05, 4.69) is 4.98 Å². The van der Waals surface area contributed by atoms with Crippen LogP contribution in [0.4, 0.5) is 0 Å². The minimum absolute atomic E-state index is 0.105. The first-order valence-corrected chi connectivity index (χ1v) is 11.0. The molecule has 5 rings (SSSR count). The van der Waals surface area contributed by atoms with E-state index in [0.29, 0.717) is 44.7 Å². The zero-order chi connectivity index (χ0) is 22.9. The highest BCUT2D eigenvalue weighted by atomic mass is 35.5. The van der Waals surface area contributed by atoms with Gasteiger partial charge < -0.3 is 19.4 Å². The first-order chi connectivity index (χ1) is 16.0. The molecule has 3 aromatic carbocycles. The number of rotatable bonds is 5. The Morgan fingerprint density at radius 1 is 0.909 bits per heavy atom. The molecule has 1 aliphatic heterocycles. The molecule has 0 fully saturated rings. The Morgan fingerprint density at radius 2 is 1.67 bits per heavy atom. The fraction of sp³-hybridized carbons (Fsp3) is 0.120. The number of benzene rings is 3. The van der Waals surface area contributed by atoms with Crippen LogP contribution in [0.5, 0.6) is 11.5 Å². The van der Waals surface area contributed by atoms with Gasteiger partial charge in [-0.2, -0.15) is 0 Å². The van der Waals surface area contributed by atoms with Gasteiger partial charge in [-0.1, -0.05) is 41.4 Å². The Balaban J connectivity index is 1.52. The highest BCUT2D eigenvalue weighted by Crippen LogP contribution is 2.35. The van der Waals surface area contributed by atoms with Gasteiger partial charge in [0.25, 0.3) is 11.5 Å². The highest BCUT2D eigenvalue weighted by Gasteiger charge is 2.20. The lowest BCUT2D eigenvalue weighted by atomic mass is 10.1. The largest absolute Gasteiger partial charge is 0.454 e. The number of carbonyl (C=O) groups excluding carboxylic acids is 1. The number of H-pyrrole nitrogens is 1. The molecule has 2 heterocycles. The molecule has 0 spiro atoms. The van der Waals surface area contributed by atoms with E-state index in [9.17, 15) is 9.59 Å². The fourth-order valence-corrected chi connectivity index (χ4v) is 4.09. The highest BCUT2D eigenvalue weighted by molar-refractivity contribution is 6.31. The van der Waals surface area contributed by atoms with Crippen LogP contribution in [-0.4, -0.2) is 22.6 Å². The van der Waals surface area contributed by atoms with E-state index < -0.39 is 0 Å². The van der Waals surface area contributed by atoms with Gasteiger partial charge in [-0.3, -0.25) is 9.59 Å². The van der Waals surface area contributed by atoms with Crippen LogP contribution in [0.2, 0.25) is 10.0 Å². The van der Waals surface area contributed by atoms with Crippen LogP contribution in [-0.2, 0) is 13.1 Å². The van der Waals surface area contributed by atoms with Crippen molar-refractivity contribution in [3.63, 3.8) is 0 Å². The molecule has 0 radical (unpaired) electrons. The zero-order valence-electron chi connectivity index (χ0n) is 17.3. The van der Waals surface area contributed by atoms with Gasteiger partial charge in [0.05, 0.1) is 12.1 Å². The molecule has 0 aliphatic carbocycles. The fourth-order valence-electron chi connectivity index (χ4n) is 3.78. The molecule has 1 amide bonds. The molecular weight excluding hydrogens is 463 g/mol. The molecule has 1 N–H and O–H groups in total. The molecule has 6 nitrogen and oxygen atoms in total. The number of ether oxygens (including phenoxy) is 2. The number of pyridine rings is 1. The molecule has 0 atom stereocenters. The summed E-state index contributed by atoms with van der Waals surface area (Å²) in [5.41, 5.74) is 2.14. The maximum Gasteiger partial charge on any atom is 0.254 e. The molecular formula is C25H18Cl2N2O4. The lowest BCUT2D eigenvalue weighted by Gasteiger charge is -2.23. The molecule has 166 valence electrons. The molecule has 8 heteroatoms. The van der Waals surface area contributed by atoms with Crippen molar-refractivity contribution < 1.29 is 14.3 Å². The van der Waals surface area contributed by atoms with Gasteiger partial charge in [-0.05, 0) is 48.0 Å². The predicted molar refractivity (Wildman–Crippen MR) is 127 cm³/mol. The number of amides is 1. The Labute approximate surface area is 199 Å². The monoisotopic (exact) mass is 480 g/mol. The Bertz CT molecular complexity index is 1420. The van der Waals surface area contributed by atoms with E-state index >= 15 is 0 Å². The number of aromatic nitrogens is 1. The molecule has 0 saturated heterocycles. The van der Waals surface area contributed by atoms with Crippen LogP contribution < -0.4 is 15.0 Å². The maximum absolute atomic E-state index is 13.4. The molecule has 33 heavy (non-hydrogen) atoms. The van der Waals surface area contributed by atoms with Crippen molar-refractivity contribution >= 4 is 40.0 Å². The number of carbonyl (C=O) groups is 1. The van der Waals surface area contributed by atoms with E-state index in [1.54, 1.807) is 53.4 Å². The smallest absolute Gasteiger partial charge is 0.254 e. The van der Waals surface area contributed by atoms with E-state index in [0.717, 1.165) is 10.9 Å². The zero-order valence-corrected chi connectivity index (χ0v) is 18.8. The predicted octanol–water partition coefficient (Wildman–Crippen LogP) is 5.41. The van der Waals surface area contributed by atoms with E-state index in [4.69, 9.17) is 32.7 Å². The second kappa shape index (κ2) is 8.81. The summed E-state index contributed by atoms with van der Waals surface area (Å²) >= 11 is 12.1. The number of halogens is 2. The summed E-state index contributed by atoms with van der Waals surface area (Å²) in [5.74, 6) is 0.970. The van der Waals surface area contributed by atoms with Gasteiger partial charge >= 0.3 is 0 Å². The molecule has 0 unspecified atom stereocenters. The van der Waals surface area contributed by atoms with Gasteiger partial charge in [0.15, 0.2) is 11.5 Å². The molecule has 4 aromatic rings. The van der Waals surface area contributed by atoms with Crippen molar-refractivity contribution in [1.29, 1.82) is 0 Å². The Kier molecular flexibility index (Phi) is 5.70. The van der Waals surface area contributed by atoms with Crippen molar-refractivity contribution in [1.82, 2.24) is 9.88 Å². The number of fused-ring (bicyclic) bond motifs is 2. The van der Waals surface area contributed by atoms with Crippen LogP contribution in [0.25, 0.3) is 10.9 Å². The van der Waals surface area contributed by atoms with Crippen LogP contribution >= 0.6 is 23.2 Å². The van der Waals surface area contributed by atoms with Gasteiger partial charge in [0.2, 0.25) is 6.79 Å². The standard InChI is InChI=1S/C25H18Cl2N2O4/c26-19-6-4-15(5-7-19)12-29(25(31)16-2-1-3-20(27)9-16)13-18-8-17-10-22-23(33-14-32-22)11-21(17)28-24(18)30/h1-11H,12-14H2,(H,28,30). The third-order valence-corrected chi connectivity index (χ3v) is 5.91. The first-order valence-electron chi connectivity index (χ1n) is 10.2. The summed E-state index contributed by atoms with van der Waals surface area (Å²) in [4.78, 5) is 30.8. The summed E-state index contributed by atoms with van der Waals surface area (Å²) < 4.78 is 10.8. The quantitative estimate of drug-likeness (QED) is 0.414. The third kappa shape index (κ3) is 4.53. The number of aromatic amines is 1. The Morgan fingerprint density at radius 3 is 2.42 bits per heavy atom. The molecule has 0 saturated carbocycles. The molecule has 1 aliphatic rings. The minimum Gasteiger partial charge on any atom is -0.454 e. The lowest BCUT2D eigenvalue weighted by Crippen LogP contribution is -2.32. The van der Waals surface area contributed by atoms with Crippen LogP contribution in [0, 0.1) is 0 Å². The number of hydrogen-bond donors (Lipinski definition) is 1. The summed E-state index contributed by atoms with van der Waals surface area (Å²) in [5, 5.41) is 1.86.